The molecule has 0 aromatic heterocycles. The van der Waals surface area contributed by atoms with Crippen LogP contribution in [0.1, 0.15) is 31.9 Å². The molecule has 0 spiro atoms. The van der Waals surface area contributed by atoms with Crippen LogP contribution in [0.15, 0.2) is 18.2 Å². The molecule has 1 aromatic carbocycles. The molecule has 78 valence electrons. The van der Waals surface area contributed by atoms with Crippen molar-refractivity contribution in [1.29, 1.82) is 0 Å². The van der Waals surface area contributed by atoms with Gasteiger partial charge in [0.15, 0.2) is 0 Å². The Bertz CT molecular complexity index is 318. The van der Waals surface area contributed by atoms with Gasteiger partial charge < -0.3 is 4.90 Å². The second kappa shape index (κ2) is 3.64. The summed E-state index contributed by atoms with van der Waals surface area (Å²) in [6.45, 7) is 8.96. The minimum absolute atomic E-state index is 0.232. The van der Waals surface area contributed by atoms with E-state index >= 15 is 0 Å². The van der Waals surface area contributed by atoms with Crippen LogP contribution >= 0.6 is 0 Å². The SMILES string of the molecule is Cc1ccc(N(C)C)cc1C(C)(C)C. The smallest absolute Gasteiger partial charge is 0.0364 e. The fourth-order valence-corrected chi connectivity index (χ4v) is 1.70. The number of hydrogen-bond donors (Lipinski definition) is 0. The predicted octanol–water partition coefficient (Wildman–Crippen LogP) is 3.36. The zero-order chi connectivity index (χ0) is 10.9. The summed E-state index contributed by atoms with van der Waals surface area (Å²) >= 11 is 0. The number of hydrogen-bond acceptors (Lipinski definition) is 1. The lowest BCUT2D eigenvalue weighted by atomic mass is 9.84. The Labute approximate surface area is 87.7 Å². The van der Waals surface area contributed by atoms with Crippen LogP contribution in [0.3, 0.4) is 0 Å². The largest absolute Gasteiger partial charge is 0.378 e. The molecule has 0 bridgehead atoms. The van der Waals surface area contributed by atoms with Crippen LogP contribution in [-0.2, 0) is 5.41 Å². The maximum absolute atomic E-state index is 2.29. The lowest BCUT2D eigenvalue weighted by molar-refractivity contribution is 0.586. The first-order valence-electron chi connectivity index (χ1n) is 5.11. The van der Waals surface area contributed by atoms with E-state index in [-0.39, 0.29) is 5.41 Å². The van der Waals surface area contributed by atoms with E-state index in [2.05, 4.69) is 64.9 Å². The summed E-state index contributed by atoms with van der Waals surface area (Å²) in [7, 11) is 4.16. The maximum atomic E-state index is 2.29. The van der Waals surface area contributed by atoms with Crippen molar-refractivity contribution in [3.8, 4) is 0 Å². The molecule has 0 fully saturated rings. The Morgan fingerprint density at radius 2 is 1.64 bits per heavy atom. The van der Waals surface area contributed by atoms with Gasteiger partial charge >= 0.3 is 0 Å². The van der Waals surface area contributed by atoms with Gasteiger partial charge in [-0.2, -0.15) is 0 Å². The summed E-state index contributed by atoms with van der Waals surface area (Å²) in [5.74, 6) is 0. The zero-order valence-corrected chi connectivity index (χ0v) is 10.2. The highest BCUT2D eigenvalue weighted by molar-refractivity contribution is 5.51. The minimum Gasteiger partial charge on any atom is -0.378 e. The van der Waals surface area contributed by atoms with Crippen LogP contribution in [0.5, 0.6) is 0 Å². The fourth-order valence-electron chi connectivity index (χ4n) is 1.70. The molecule has 0 atom stereocenters. The van der Waals surface area contributed by atoms with Crippen molar-refractivity contribution in [3.05, 3.63) is 29.3 Å². The zero-order valence-electron chi connectivity index (χ0n) is 10.2. The number of benzene rings is 1. The van der Waals surface area contributed by atoms with Crippen molar-refractivity contribution < 1.29 is 0 Å². The van der Waals surface area contributed by atoms with E-state index in [4.69, 9.17) is 0 Å². The molecule has 0 aliphatic rings. The summed E-state index contributed by atoms with van der Waals surface area (Å²) in [5.41, 5.74) is 4.32. The molecule has 14 heavy (non-hydrogen) atoms. The summed E-state index contributed by atoms with van der Waals surface area (Å²) in [4.78, 5) is 2.15. The van der Waals surface area contributed by atoms with Gasteiger partial charge in [0.05, 0.1) is 0 Å². The summed E-state index contributed by atoms with van der Waals surface area (Å²) < 4.78 is 0. The Morgan fingerprint density at radius 3 is 2.07 bits per heavy atom. The normalized spacial score (nSPS) is 11.6. The Morgan fingerprint density at radius 1 is 1.07 bits per heavy atom. The molecule has 0 aliphatic carbocycles. The van der Waals surface area contributed by atoms with E-state index in [1.165, 1.54) is 16.8 Å². The van der Waals surface area contributed by atoms with Crippen molar-refractivity contribution in [1.82, 2.24) is 0 Å². The van der Waals surface area contributed by atoms with E-state index in [0.29, 0.717) is 0 Å². The molecule has 1 heteroatoms. The van der Waals surface area contributed by atoms with Crippen LogP contribution < -0.4 is 4.90 Å². The molecule has 0 unspecified atom stereocenters. The van der Waals surface area contributed by atoms with Crippen molar-refractivity contribution in [2.75, 3.05) is 19.0 Å². The summed E-state index contributed by atoms with van der Waals surface area (Å²) in [5, 5.41) is 0. The molecular formula is C13H21N. The monoisotopic (exact) mass is 191 g/mol. The molecule has 0 saturated carbocycles. The molecule has 1 nitrogen and oxygen atoms in total. The third-order valence-corrected chi connectivity index (χ3v) is 2.55. The van der Waals surface area contributed by atoms with E-state index in [9.17, 15) is 0 Å². The van der Waals surface area contributed by atoms with Crippen LogP contribution in [0.2, 0.25) is 0 Å². The summed E-state index contributed by atoms with van der Waals surface area (Å²) in [6.07, 6.45) is 0. The topological polar surface area (TPSA) is 3.24 Å². The molecular weight excluding hydrogens is 170 g/mol. The number of rotatable bonds is 1. The fraction of sp³-hybridized carbons (Fsp3) is 0.538. The molecule has 1 rings (SSSR count). The maximum Gasteiger partial charge on any atom is 0.0364 e. The van der Waals surface area contributed by atoms with Gasteiger partial charge in [-0.1, -0.05) is 26.8 Å². The second-order valence-corrected chi connectivity index (χ2v) is 5.14. The first-order chi connectivity index (χ1) is 6.32. The van der Waals surface area contributed by atoms with E-state index < -0.39 is 0 Å². The lowest BCUT2D eigenvalue weighted by Gasteiger charge is -2.24. The average Bonchev–Trinajstić information content (AvgIpc) is 2.02. The quantitative estimate of drug-likeness (QED) is 0.658. The standard InChI is InChI=1S/C13H21N/c1-10-7-8-11(14(5)6)9-12(10)13(2,3)4/h7-9H,1-6H3. The molecule has 0 N–H and O–H groups in total. The van der Waals surface area contributed by atoms with Crippen molar-refractivity contribution in [2.24, 2.45) is 0 Å². The third-order valence-electron chi connectivity index (χ3n) is 2.55. The van der Waals surface area contributed by atoms with Crippen molar-refractivity contribution in [3.63, 3.8) is 0 Å². The van der Waals surface area contributed by atoms with Gasteiger partial charge in [-0.15, -0.1) is 0 Å². The highest BCUT2D eigenvalue weighted by atomic mass is 15.1. The highest BCUT2D eigenvalue weighted by Crippen LogP contribution is 2.28. The van der Waals surface area contributed by atoms with Crippen LogP contribution in [0.4, 0.5) is 5.69 Å². The van der Waals surface area contributed by atoms with Gasteiger partial charge in [-0.25, -0.2) is 0 Å². The molecule has 0 saturated heterocycles. The highest BCUT2D eigenvalue weighted by Gasteiger charge is 2.16. The van der Waals surface area contributed by atoms with Crippen LogP contribution in [0.25, 0.3) is 0 Å². The Balaban J connectivity index is 3.22. The van der Waals surface area contributed by atoms with Crippen LogP contribution in [-0.4, -0.2) is 14.1 Å². The van der Waals surface area contributed by atoms with E-state index in [1.807, 2.05) is 0 Å². The number of nitrogens with zero attached hydrogens (tertiary/aromatic N) is 1. The van der Waals surface area contributed by atoms with Gasteiger partial charge in [-0.05, 0) is 35.6 Å². The number of aryl methyl sites for hydroxylation is 1. The van der Waals surface area contributed by atoms with Crippen molar-refractivity contribution in [2.45, 2.75) is 33.1 Å². The van der Waals surface area contributed by atoms with Gasteiger partial charge in [0.25, 0.3) is 0 Å². The van der Waals surface area contributed by atoms with Gasteiger partial charge in [0, 0.05) is 19.8 Å². The Hall–Kier alpha value is -0.980. The lowest BCUT2D eigenvalue weighted by Crippen LogP contribution is -2.15. The van der Waals surface area contributed by atoms with Gasteiger partial charge in [0.2, 0.25) is 0 Å². The first-order valence-corrected chi connectivity index (χ1v) is 5.11. The predicted molar refractivity (Wildman–Crippen MR) is 64.2 cm³/mol. The molecule has 0 amide bonds. The first kappa shape index (κ1) is 11.1. The van der Waals surface area contributed by atoms with E-state index in [1.54, 1.807) is 0 Å². The molecule has 0 radical (unpaired) electrons. The third kappa shape index (κ3) is 2.28. The molecule has 0 aliphatic heterocycles. The molecule has 1 aromatic rings. The summed E-state index contributed by atoms with van der Waals surface area (Å²) in [6, 6.07) is 6.66. The van der Waals surface area contributed by atoms with Gasteiger partial charge in [0.1, 0.15) is 0 Å². The Kier molecular flexibility index (Phi) is 2.89. The van der Waals surface area contributed by atoms with E-state index in [0.717, 1.165) is 0 Å². The van der Waals surface area contributed by atoms with Crippen molar-refractivity contribution >= 4 is 5.69 Å². The van der Waals surface area contributed by atoms with Gasteiger partial charge in [-0.3, -0.25) is 0 Å². The average molecular weight is 191 g/mol. The molecule has 0 heterocycles. The minimum atomic E-state index is 0.232. The van der Waals surface area contributed by atoms with Crippen LogP contribution in [0, 0.1) is 6.92 Å². The number of anilines is 1. The second-order valence-electron chi connectivity index (χ2n) is 5.14.